The minimum Gasteiger partial charge on any atom is -0.385 e. The predicted octanol–water partition coefficient (Wildman–Crippen LogP) is 3.62. The molecule has 0 saturated heterocycles. The van der Waals surface area contributed by atoms with E-state index in [1.165, 1.54) is 0 Å². The van der Waals surface area contributed by atoms with Crippen molar-refractivity contribution in [3.63, 3.8) is 0 Å². The fraction of sp³-hybridized carbons (Fsp3) is 0.750. The summed E-state index contributed by atoms with van der Waals surface area (Å²) >= 11 is 2.21. The van der Waals surface area contributed by atoms with Gasteiger partial charge in [0.25, 0.3) is 0 Å². The first-order valence-corrected chi connectivity index (χ1v) is 10.4. The van der Waals surface area contributed by atoms with Gasteiger partial charge in [-0.15, -0.1) is 0 Å². The van der Waals surface area contributed by atoms with E-state index in [0.29, 0.717) is 19.0 Å². The van der Waals surface area contributed by atoms with Crippen LogP contribution in [0.1, 0.15) is 44.3 Å². The molecule has 0 amide bonds. The van der Waals surface area contributed by atoms with E-state index in [1.54, 1.807) is 0 Å². The van der Waals surface area contributed by atoms with Gasteiger partial charge in [-0.2, -0.15) is 0 Å². The quantitative estimate of drug-likeness (QED) is 0.463. The van der Waals surface area contributed by atoms with Crippen molar-refractivity contribution < 1.29 is 9.63 Å². The van der Waals surface area contributed by atoms with Crippen LogP contribution in [0, 0.1) is 12.8 Å². The molecule has 18 heavy (non-hydrogen) atoms. The van der Waals surface area contributed by atoms with Crippen LogP contribution in [0.25, 0.3) is 0 Å². The van der Waals surface area contributed by atoms with Crippen molar-refractivity contribution >= 4 is 28.5 Å². The number of aryl methyl sites for hydroxylation is 1. The third kappa shape index (κ3) is 4.76. The number of aliphatic hydroxyl groups is 1. The number of halogens is 1. The molecule has 1 aliphatic carbocycles. The van der Waals surface area contributed by atoms with Gasteiger partial charge in [-0.3, -0.25) is 0 Å². The van der Waals surface area contributed by atoms with Gasteiger partial charge in [-0.1, -0.05) is 13.8 Å². The van der Waals surface area contributed by atoms with E-state index in [-0.39, 0.29) is 0 Å². The Kier molecular flexibility index (Phi) is 7.68. The summed E-state index contributed by atoms with van der Waals surface area (Å²) in [7, 11) is 0. The molecule has 1 heterocycles. The van der Waals surface area contributed by atoms with Crippen molar-refractivity contribution in [3.05, 3.63) is 17.7 Å². The molecule has 1 saturated carbocycles. The van der Waals surface area contributed by atoms with Gasteiger partial charge < -0.3 is 14.2 Å². The van der Waals surface area contributed by atoms with Crippen LogP contribution in [-0.4, -0.2) is 21.3 Å². The van der Waals surface area contributed by atoms with Crippen molar-refractivity contribution in [1.82, 2.24) is 9.55 Å². The number of aliphatic hydroxyl groups excluding tert-OH is 1. The Bertz CT molecular complexity index is 356. The summed E-state index contributed by atoms with van der Waals surface area (Å²) in [5, 5.41) is 10.1. The predicted molar refractivity (Wildman–Crippen MR) is 84.3 cm³/mol. The van der Waals surface area contributed by atoms with E-state index in [9.17, 15) is 5.11 Å². The highest BCUT2D eigenvalue weighted by Gasteiger charge is 2.33. The molecule has 0 aromatic carbocycles. The van der Waals surface area contributed by atoms with Crippen LogP contribution >= 0.6 is 28.5 Å². The Labute approximate surface area is 124 Å². The SMILES string of the molecule is CC.Cc1cn(CCOPI)c(C(O)C2CC2)n1. The van der Waals surface area contributed by atoms with E-state index in [1.807, 2.05) is 31.5 Å². The molecule has 0 radical (unpaired) electrons. The van der Waals surface area contributed by atoms with Crippen LogP contribution in [-0.2, 0) is 11.1 Å². The second-order valence-electron chi connectivity index (χ2n) is 4.14. The largest absolute Gasteiger partial charge is 0.385 e. The van der Waals surface area contributed by atoms with Gasteiger partial charge in [0.15, 0.2) is 0 Å². The highest BCUT2D eigenvalue weighted by molar-refractivity contribution is 14.2. The molecule has 1 fully saturated rings. The Morgan fingerprint density at radius 3 is 2.83 bits per heavy atom. The zero-order valence-electron chi connectivity index (χ0n) is 11.2. The monoisotopic (exact) mass is 384 g/mol. The summed E-state index contributed by atoms with van der Waals surface area (Å²) in [5.41, 5.74) is 0.964. The fourth-order valence-corrected chi connectivity index (χ4v) is 2.61. The molecular formula is C12H22IN2O2P. The summed E-state index contributed by atoms with van der Waals surface area (Å²) in [6.45, 7) is 7.90. The van der Waals surface area contributed by atoms with Crippen LogP contribution in [0.2, 0.25) is 0 Å². The first-order chi connectivity index (χ1) is 8.72. The second-order valence-corrected chi connectivity index (χ2v) is 5.91. The van der Waals surface area contributed by atoms with E-state index < -0.39 is 6.10 Å². The molecule has 1 aliphatic rings. The molecule has 2 atom stereocenters. The lowest BCUT2D eigenvalue weighted by Gasteiger charge is -2.12. The van der Waals surface area contributed by atoms with E-state index in [4.69, 9.17) is 4.52 Å². The normalized spacial score (nSPS) is 16.7. The zero-order valence-corrected chi connectivity index (χ0v) is 14.3. The van der Waals surface area contributed by atoms with Crippen LogP contribution < -0.4 is 0 Å². The summed E-state index contributed by atoms with van der Waals surface area (Å²) in [6, 6.07) is 0. The van der Waals surface area contributed by atoms with Gasteiger partial charge in [-0.25, -0.2) is 4.98 Å². The van der Waals surface area contributed by atoms with Gasteiger partial charge in [0.2, 0.25) is 0 Å². The molecule has 0 bridgehead atoms. The van der Waals surface area contributed by atoms with Crippen LogP contribution in [0.3, 0.4) is 0 Å². The second kappa shape index (κ2) is 8.46. The number of hydrogen-bond donors (Lipinski definition) is 1. The molecule has 2 rings (SSSR count). The van der Waals surface area contributed by atoms with Gasteiger partial charge in [0, 0.05) is 12.7 Å². The molecule has 1 aromatic rings. The Morgan fingerprint density at radius 1 is 1.61 bits per heavy atom. The molecule has 4 nitrogen and oxygen atoms in total. The van der Waals surface area contributed by atoms with Crippen molar-refractivity contribution in [1.29, 1.82) is 0 Å². The molecule has 0 aliphatic heterocycles. The maximum absolute atomic E-state index is 10.1. The zero-order chi connectivity index (χ0) is 13.5. The molecular weight excluding hydrogens is 362 g/mol. The average molecular weight is 384 g/mol. The first-order valence-electron chi connectivity index (χ1n) is 6.41. The number of hydrogen-bond acceptors (Lipinski definition) is 3. The van der Waals surface area contributed by atoms with E-state index >= 15 is 0 Å². The number of nitrogens with zero attached hydrogens (tertiary/aromatic N) is 2. The number of imidazole rings is 1. The fourth-order valence-electron chi connectivity index (χ4n) is 1.79. The number of aromatic nitrogens is 2. The van der Waals surface area contributed by atoms with Gasteiger partial charge >= 0.3 is 0 Å². The molecule has 104 valence electrons. The minimum absolute atomic E-state index is 0.393. The maximum Gasteiger partial charge on any atom is 0.138 e. The Hall–Kier alpha value is 0.290. The minimum atomic E-state index is -0.393. The standard InChI is InChI=1S/C10H16IN2O2P.C2H6/c1-7-6-13(4-5-15-16-11)10(12-7)9(14)8-2-3-8;1-2/h6,8-9,14,16H,2-5H2,1H3;1-2H3. The van der Waals surface area contributed by atoms with Gasteiger partial charge in [0.1, 0.15) is 11.9 Å². The lowest BCUT2D eigenvalue weighted by Crippen LogP contribution is -2.12. The highest BCUT2D eigenvalue weighted by Crippen LogP contribution is 2.40. The topological polar surface area (TPSA) is 47.3 Å². The number of rotatable bonds is 6. The smallest absolute Gasteiger partial charge is 0.138 e. The van der Waals surface area contributed by atoms with E-state index in [2.05, 4.69) is 27.0 Å². The molecule has 1 aromatic heterocycles. The first kappa shape index (κ1) is 16.3. The van der Waals surface area contributed by atoms with E-state index in [0.717, 1.165) is 30.9 Å². The van der Waals surface area contributed by atoms with Crippen LogP contribution in [0.15, 0.2) is 6.20 Å². The lowest BCUT2D eigenvalue weighted by atomic mass is 10.2. The Balaban J connectivity index is 0.000000771. The summed E-state index contributed by atoms with van der Waals surface area (Å²) in [4.78, 5) is 4.41. The molecule has 6 heteroatoms. The third-order valence-corrected chi connectivity index (χ3v) is 4.00. The summed E-state index contributed by atoms with van der Waals surface area (Å²) in [6.07, 6.45) is 3.84. The van der Waals surface area contributed by atoms with Crippen LogP contribution in [0.5, 0.6) is 0 Å². The molecule has 2 unspecified atom stereocenters. The average Bonchev–Trinajstić information content (AvgIpc) is 3.16. The third-order valence-electron chi connectivity index (χ3n) is 2.75. The maximum atomic E-state index is 10.1. The molecule has 1 N–H and O–H groups in total. The van der Waals surface area contributed by atoms with Crippen molar-refractivity contribution in [3.8, 4) is 0 Å². The summed E-state index contributed by atoms with van der Waals surface area (Å²) in [5.74, 6) is 1.23. The van der Waals surface area contributed by atoms with Crippen molar-refractivity contribution in [2.24, 2.45) is 5.92 Å². The van der Waals surface area contributed by atoms with Crippen molar-refractivity contribution in [2.45, 2.75) is 46.3 Å². The van der Waals surface area contributed by atoms with Crippen molar-refractivity contribution in [2.75, 3.05) is 6.61 Å². The lowest BCUT2D eigenvalue weighted by molar-refractivity contribution is 0.138. The molecule has 0 spiro atoms. The highest BCUT2D eigenvalue weighted by atomic mass is 127. The van der Waals surface area contributed by atoms with Gasteiger partial charge in [-0.05, 0) is 47.7 Å². The van der Waals surface area contributed by atoms with Crippen LogP contribution in [0.4, 0.5) is 0 Å². The Morgan fingerprint density at radius 2 is 2.28 bits per heavy atom. The summed E-state index contributed by atoms with van der Waals surface area (Å²) < 4.78 is 7.36. The van der Waals surface area contributed by atoms with Gasteiger partial charge in [0.05, 0.1) is 18.8 Å².